The van der Waals surface area contributed by atoms with Crippen molar-refractivity contribution in [3.8, 4) is 0 Å². The molecule has 0 bridgehead atoms. The maximum atomic E-state index is 4.50. The first-order chi connectivity index (χ1) is 9.85. The van der Waals surface area contributed by atoms with E-state index in [1.807, 2.05) is 0 Å². The highest BCUT2D eigenvalue weighted by molar-refractivity contribution is 5.50. The summed E-state index contributed by atoms with van der Waals surface area (Å²) in [5.74, 6) is 2.19. The molecule has 4 nitrogen and oxygen atoms in total. The highest BCUT2D eigenvalue weighted by atomic mass is 15.2. The summed E-state index contributed by atoms with van der Waals surface area (Å²) in [6, 6.07) is 2.18. The van der Waals surface area contributed by atoms with E-state index >= 15 is 0 Å². The van der Waals surface area contributed by atoms with Crippen molar-refractivity contribution in [2.75, 3.05) is 36.0 Å². The molecule has 0 unspecified atom stereocenters. The predicted molar refractivity (Wildman–Crippen MR) is 85.5 cm³/mol. The van der Waals surface area contributed by atoms with Gasteiger partial charge in [-0.2, -0.15) is 0 Å². The third-order valence-corrected chi connectivity index (χ3v) is 3.88. The second kappa shape index (κ2) is 8.08. The molecule has 2 heterocycles. The Morgan fingerprint density at radius 2 is 1.65 bits per heavy atom. The van der Waals surface area contributed by atoms with E-state index in [0.29, 0.717) is 0 Å². The molecule has 0 atom stereocenters. The molecule has 0 radical (unpaired) electrons. The number of nitrogens with zero attached hydrogens (tertiary/aromatic N) is 4. The van der Waals surface area contributed by atoms with Gasteiger partial charge in [-0.3, -0.25) is 0 Å². The number of hydrogen-bond donors (Lipinski definition) is 0. The van der Waals surface area contributed by atoms with Crippen LogP contribution in [0.15, 0.2) is 12.4 Å². The van der Waals surface area contributed by atoms with Gasteiger partial charge >= 0.3 is 0 Å². The number of aromatic nitrogens is 2. The third kappa shape index (κ3) is 4.09. The quantitative estimate of drug-likeness (QED) is 0.796. The van der Waals surface area contributed by atoms with Gasteiger partial charge in [0, 0.05) is 32.2 Å². The molecule has 1 aromatic rings. The van der Waals surface area contributed by atoms with Crippen LogP contribution in [-0.4, -0.2) is 36.1 Å². The Kier molecular flexibility index (Phi) is 6.09. The summed E-state index contributed by atoms with van der Waals surface area (Å²) < 4.78 is 0. The van der Waals surface area contributed by atoms with E-state index in [1.54, 1.807) is 6.33 Å². The van der Waals surface area contributed by atoms with Crippen LogP contribution >= 0.6 is 0 Å². The summed E-state index contributed by atoms with van der Waals surface area (Å²) in [6.45, 7) is 8.86. The van der Waals surface area contributed by atoms with Gasteiger partial charge in [-0.05, 0) is 25.7 Å². The van der Waals surface area contributed by atoms with E-state index in [4.69, 9.17) is 0 Å². The van der Waals surface area contributed by atoms with Crippen LogP contribution in [0.3, 0.4) is 0 Å². The minimum Gasteiger partial charge on any atom is -0.356 e. The lowest BCUT2D eigenvalue weighted by Gasteiger charge is -2.25. The number of rotatable bonds is 6. The van der Waals surface area contributed by atoms with Gasteiger partial charge in [0.2, 0.25) is 0 Å². The van der Waals surface area contributed by atoms with Crippen LogP contribution in [0.4, 0.5) is 11.6 Å². The highest BCUT2D eigenvalue weighted by Crippen LogP contribution is 2.21. The zero-order chi connectivity index (χ0) is 14.2. The van der Waals surface area contributed by atoms with E-state index in [9.17, 15) is 0 Å². The monoisotopic (exact) mass is 276 g/mol. The summed E-state index contributed by atoms with van der Waals surface area (Å²) in [6.07, 6.45) is 9.32. The Hall–Kier alpha value is -1.32. The van der Waals surface area contributed by atoms with Crippen LogP contribution in [0.2, 0.25) is 0 Å². The van der Waals surface area contributed by atoms with Crippen molar-refractivity contribution in [2.24, 2.45) is 0 Å². The fourth-order valence-corrected chi connectivity index (χ4v) is 2.86. The van der Waals surface area contributed by atoms with E-state index in [0.717, 1.165) is 50.7 Å². The molecule has 0 aromatic carbocycles. The van der Waals surface area contributed by atoms with Crippen LogP contribution in [-0.2, 0) is 0 Å². The normalized spacial score (nSPS) is 16.0. The first-order valence-electron chi connectivity index (χ1n) is 8.17. The Labute approximate surface area is 123 Å². The molecular formula is C16H28N4. The average Bonchev–Trinajstić information content (AvgIpc) is 2.76. The molecule has 2 rings (SSSR count). The summed E-state index contributed by atoms with van der Waals surface area (Å²) in [5, 5.41) is 0. The Balaban J connectivity index is 2.12. The van der Waals surface area contributed by atoms with Gasteiger partial charge in [-0.1, -0.05) is 26.7 Å². The van der Waals surface area contributed by atoms with E-state index < -0.39 is 0 Å². The predicted octanol–water partition coefficient (Wildman–Crippen LogP) is 3.48. The SMILES string of the molecule is CCCN(CCC)c1cc(N2CCCCCC2)ncn1. The van der Waals surface area contributed by atoms with Crippen LogP contribution in [0, 0.1) is 0 Å². The van der Waals surface area contributed by atoms with Gasteiger partial charge in [0.05, 0.1) is 0 Å². The molecule has 0 spiro atoms. The second-order valence-corrected chi connectivity index (χ2v) is 5.62. The summed E-state index contributed by atoms with van der Waals surface area (Å²) in [7, 11) is 0. The van der Waals surface area contributed by atoms with Crippen molar-refractivity contribution in [3.63, 3.8) is 0 Å². The van der Waals surface area contributed by atoms with Gasteiger partial charge < -0.3 is 9.80 Å². The van der Waals surface area contributed by atoms with Gasteiger partial charge in [0.15, 0.2) is 0 Å². The highest BCUT2D eigenvalue weighted by Gasteiger charge is 2.13. The first-order valence-corrected chi connectivity index (χ1v) is 8.17. The molecule has 0 saturated carbocycles. The summed E-state index contributed by atoms with van der Waals surface area (Å²) in [4.78, 5) is 13.8. The molecule has 0 N–H and O–H groups in total. The molecule has 1 saturated heterocycles. The summed E-state index contributed by atoms with van der Waals surface area (Å²) in [5.41, 5.74) is 0. The van der Waals surface area contributed by atoms with E-state index in [2.05, 4.69) is 39.7 Å². The lowest BCUT2D eigenvalue weighted by atomic mass is 10.2. The van der Waals surface area contributed by atoms with Crippen molar-refractivity contribution in [3.05, 3.63) is 12.4 Å². The van der Waals surface area contributed by atoms with Crippen LogP contribution < -0.4 is 9.80 Å². The Morgan fingerprint density at radius 3 is 2.25 bits per heavy atom. The van der Waals surface area contributed by atoms with Crippen LogP contribution in [0.1, 0.15) is 52.4 Å². The topological polar surface area (TPSA) is 32.3 Å². The maximum absolute atomic E-state index is 4.50. The third-order valence-electron chi connectivity index (χ3n) is 3.88. The average molecular weight is 276 g/mol. The fourth-order valence-electron chi connectivity index (χ4n) is 2.86. The minimum atomic E-state index is 1.07. The maximum Gasteiger partial charge on any atom is 0.134 e. The van der Waals surface area contributed by atoms with Gasteiger partial charge in [0.25, 0.3) is 0 Å². The Morgan fingerprint density at radius 1 is 1.00 bits per heavy atom. The van der Waals surface area contributed by atoms with Crippen molar-refractivity contribution >= 4 is 11.6 Å². The van der Waals surface area contributed by atoms with Gasteiger partial charge in [-0.15, -0.1) is 0 Å². The van der Waals surface area contributed by atoms with Crippen LogP contribution in [0.5, 0.6) is 0 Å². The zero-order valence-corrected chi connectivity index (χ0v) is 13.0. The van der Waals surface area contributed by atoms with E-state index in [1.165, 1.54) is 25.7 Å². The van der Waals surface area contributed by atoms with Crippen molar-refractivity contribution in [1.82, 2.24) is 9.97 Å². The fraction of sp³-hybridized carbons (Fsp3) is 0.750. The lowest BCUT2D eigenvalue weighted by molar-refractivity contribution is 0.726. The summed E-state index contributed by atoms with van der Waals surface area (Å²) >= 11 is 0. The number of hydrogen-bond acceptors (Lipinski definition) is 4. The van der Waals surface area contributed by atoms with Gasteiger partial charge in [-0.25, -0.2) is 9.97 Å². The number of anilines is 2. The molecule has 4 heteroatoms. The molecule has 1 aliphatic heterocycles. The first kappa shape index (κ1) is 15.1. The molecule has 1 aliphatic rings. The van der Waals surface area contributed by atoms with Crippen molar-refractivity contribution in [2.45, 2.75) is 52.4 Å². The molecule has 112 valence electrons. The molecule has 1 fully saturated rings. The molecule has 0 aliphatic carbocycles. The lowest BCUT2D eigenvalue weighted by Crippen LogP contribution is -2.28. The standard InChI is InChI=1S/C16H28N4/c1-3-9-19(10-4-2)15-13-16(18-14-17-15)20-11-7-5-6-8-12-20/h13-14H,3-12H2,1-2H3. The minimum absolute atomic E-state index is 1.07. The van der Waals surface area contributed by atoms with Crippen LogP contribution in [0.25, 0.3) is 0 Å². The Bertz CT molecular complexity index is 363. The van der Waals surface area contributed by atoms with Crippen molar-refractivity contribution < 1.29 is 0 Å². The zero-order valence-electron chi connectivity index (χ0n) is 13.0. The molecule has 0 amide bonds. The van der Waals surface area contributed by atoms with Gasteiger partial charge in [0.1, 0.15) is 18.0 Å². The smallest absolute Gasteiger partial charge is 0.134 e. The second-order valence-electron chi connectivity index (χ2n) is 5.62. The molecule has 20 heavy (non-hydrogen) atoms. The van der Waals surface area contributed by atoms with Crippen molar-refractivity contribution in [1.29, 1.82) is 0 Å². The molecule has 1 aromatic heterocycles. The molecular weight excluding hydrogens is 248 g/mol. The largest absolute Gasteiger partial charge is 0.356 e. The van der Waals surface area contributed by atoms with E-state index in [-0.39, 0.29) is 0 Å².